The van der Waals surface area contributed by atoms with Crippen molar-refractivity contribution in [2.24, 2.45) is 29.6 Å². The average molecular weight is 935 g/mol. The van der Waals surface area contributed by atoms with Gasteiger partial charge < -0.3 is 48.5 Å². The van der Waals surface area contributed by atoms with Crippen molar-refractivity contribution in [3.63, 3.8) is 0 Å². The van der Waals surface area contributed by atoms with Crippen LogP contribution in [0.25, 0.3) is 10.9 Å². The molecular formula is C53H78N2O12. The number of esters is 1. The predicted molar refractivity (Wildman–Crippen MR) is 254 cm³/mol. The number of aliphatic hydroxyl groups excluding tert-OH is 2. The van der Waals surface area contributed by atoms with Gasteiger partial charge in [0.1, 0.15) is 35.9 Å². The van der Waals surface area contributed by atoms with Crippen molar-refractivity contribution < 1.29 is 58.2 Å². The number of amides is 1. The van der Waals surface area contributed by atoms with Crippen LogP contribution < -0.4 is 4.74 Å². The molecule has 14 heteroatoms. The Kier molecular flexibility index (Phi) is 18.1. The fourth-order valence-electron chi connectivity index (χ4n) is 11.1. The van der Waals surface area contributed by atoms with Crippen molar-refractivity contribution in [1.82, 2.24) is 9.47 Å². The van der Waals surface area contributed by atoms with E-state index in [4.69, 9.17) is 23.7 Å². The van der Waals surface area contributed by atoms with Gasteiger partial charge in [-0.2, -0.15) is 0 Å². The van der Waals surface area contributed by atoms with Gasteiger partial charge in [-0.3, -0.25) is 14.4 Å². The Morgan fingerprint density at radius 3 is 2.33 bits per heavy atom. The summed E-state index contributed by atoms with van der Waals surface area (Å²) >= 11 is 0. The smallest absolute Gasteiger partial charge is 0.329 e. The number of allylic oxidation sites excluding steroid dienone is 2. The molecule has 3 fully saturated rings. The summed E-state index contributed by atoms with van der Waals surface area (Å²) < 4.78 is 33.0. The minimum Gasteiger partial charge on any atom is -0.488 e. The molecule has 67 heavy (non-hydrogen) atoms. The molecule has 0 spiro atoms. The van der Waals surface area contributed by atoms with E-state index in [9.17, 15) is 34.5 Å². The molecule has 14 nitrogen and oxygen atoms in total. The zero-order valence-electron chi connectivity index (χ0n) is 41.4. The number of Topliss-reactive ketones (excluding diaryl/α,β-unsaturated/α-hetero) is 2. The van der Waals surface area contributed by atoms with Crippen LogP contribution in [-0.2, 0) is 44.7 Å². The normalized spacial score (nSPS) is 35.9. The van der Waals surface area contributed by atoms with Crippen LogP contribution in [0.2, 0.25) is 0 Å². The number of carbonyl (C=O) groups excluding carboxylic acids is 4. The third-order valence-electron chi connectivity index (χ3n) is 15.2. The van der Waals surface area contributed by atoms with Crippen LogP contribution in [0.4, 0.5) is 0 Å². The summed E-state index contributed by atoms with van der Waals surface area (Å²) in [6.45, 7) is 14.3. The second-order valence-corrected chi connectivity index (χ2v) is 20.2. The van der Waals surface area contributed by atoms with E-state index in [1.54, 1.807) is 13.8 Å². The lowest BCUT2D eigenvalue weighted by atomic mass is 9.81. The first-order valence-electron chi connectivity index (χ1n) is 25.0. The first-order chi connectivity index (χ1) is 31.9. The summed E-state index contributed by atoms with van der Waals surface area (Å²) in [6.07, 6.45) is 6.51. The number of hydrogen-bond donors (Lipinski definition) is 3. The fourth-order valence-corrected chi connectivity index (χ4v) is 11.1. The third kappa shape index (κ3) is 11.9. The lowest BCUT2D eigenvalue weighted by Gasteiger charge is -2.47. The Morgan fingerprint density at radius 1 is 0.910 bits per heavy atom. The van der Waals surface area contributed by atoms with Crippen LogP contribution in [-0.4, -0.2) is 124 Å². The van der Waals surface area contributed by atoms with Crippen LogP contribution in [0.1, 0.15) is 126 Å². The van der Waals surface area contributed by atoms with Gasteiger partial charge in [-0.1, -0.05) is 46.8 Å². The van der Waals surface area contributed by atoms with Gasteiger partial charge in [-0.25, -0.2) is 4.79 Å². The number of methoxy groups -OCH3 is 2. The van der Waals surface area contributed by atoms with Crippen LogP contribution in [0.15, 0.2) is 53.8 Å². The summed E-state index contributed by atoms with van der Waals surface area (Å²) in [6, 6.07) is 7.02. The van der Waals surface area contributed by atoms with Gasteiger partial charge in [0.2, 0.25) is 5.79 Å². The second kappa shape index (κ2) is 23.1. The molecule has 372 valence electrons. The first kappa shape index (κ1) is 52.5. The number of ketones is 2. The standard InChI is InChI=1S/C53H78N2O12/c1-10-22-54-24-21-38-30-39(17-18-40(38)54)65-44-20-16-36(29-43(44)57)25-34(6)48-31(3)15-19-42(56)37(11-2)26-32(4)47(58)33(5)27-45(63-8)49-46(64-9)28-35(7)53(62,67-49)50(59)51(60)55-23-13-12-14-41(55)52(61)66-48/h17-18,21,24-26,30-31,33,35-37,41,43-49,57-58,62H,10-16,19-20,22-23,27-29H2,1-9H3. The number of aryl methyl sites for hydroxylation is 1. The number of rotatable bonds is 9. The molecule has 2 aromatic rings. The van der Waals surface area contributed by atoms with E-state index in [2.05, 4.69) is 35.9 Å². The third-order valence-corrected chi connectivity index (χ3v) is 15.2. The molecule has 1 saturated carbocycles. The van der Waals surface area contributed by atoms with Gasteiger partial charge in [0.25, 0.3) is 11.7 Å². The molecule has 14 atom stereocenters. The number of aromatic nitrogens is 1. The highest BCUT2D eigenvalue weighted by Crippen LogP contribution is 2.40. The number of carbonyl (C=O) groups is 4. The molecule has 1 aromatic carbocycles. The van der Waals surface area contributed by atoms with Gasteiger partial charge in [-0.15, -0.1) is 0 Å². The number of cyclic esters (lactones) is 1. The number of fused-ring (bicyclic) bond motifs is 4. The lowest BCUT2D eigenvalue weighted by molar-refractivity contribution is -0.302. The van der Waals surface area contributed by atoms with E-state index in [1.165, 1.54) is 19.1 Å². The number of aliphatic hydroxyl groups is 3. The summed E-state index contributed by atoms with van der Waals surface area (Å²) in [4.78, 5) is 58.4. The molecule has 6 rings (SSSR count). The highest BCUT2D eigenvalue weighted by atomic mass is 16.7. The first-order valence-corrected chi connectivity index (χ1v) is 25.0. The number of nitrogens with zero attached hydrogens (tertiary/aromatic N) is 2. The molecule has 2 saturated heterocycles. The van der Waals surface area contributed by atoms with Crippen molar-refractivity contribution in [1.29, 1.82) is 0 Å². The van der Waals surface area contributed by atoms with Gasteiger partial charge in [0.05, 0.1) is 24.4 Å². The molecule has 4 heterocycles. The monoisotopic (exact) mass is 935 g/mol. The van der Waals surface area contributed by atoms with E-state index in [0.29, 0.717) is 49.8 Å². The second-order valence-electron chi connectivity index (χ2n) is 20.2. The fraction of sp³-hybridized carbons (Fsp3) is 0.698. The highest BCUT2D eigenvalue weighted by molar-refractivity contribution is 6.39. The van der Waals surface area contributed by atoms with Crippen LogP contribution in [0, 0.1) is 29.6 Å². The van der Waals surface area contributed by atoms with E-state index in [1.807, 2.05) is 45.9 Å². The zero-order chi connectivity index (χ0) is 48.7. The van der Waals surface area contributed by atoms with Crippen molar-refractivity contribution >= 4 is 34.3 Å². The minimum atomic E-state index is -2.55. The molecular weight excluding hydrogens is 857 g/mol. The Balaban J connectivity index is 1.27. The summed E-state index contributed by atoms with van der Waals surface area (Å²) in [5.41, 5.74) is 2.54. The number of hydrogen-bond acceptors (Lipinski definition) is 12. The van der Waals surface area contributed by atoms with Crippen LogP contribution >= 0.6 is 0 Å². The summed E-state index contributed by atoms with van der Waals surface area (Å²) in [5.74, 6) is -6.81. The van der Waals surface area contributed by atoms with E-state index < -0.39 is 90.0 Å². The largest absolute Gasteiger partial charge is 0.488 e. The Morgan fingerprint density at radius 2 is 1.64 bits per heavy atom. The van der Waals surface area contributed by atoms with Crippen LogP contribution in [0.5, 0.6) is 5.75 Å². The maximum atomic E-state index is 14.5. The molecule has 1 aromatic heterocycles. The molecule has 4 aliphatic rings. The SMILES string of the molecule is CCCn1ccc2cc(OC3CCC(C=C(C)C4OC(=O)C5CCCCN5C(=O)C(=O)C5(O)OC(C(OC)CC(C)C(O)C(C)=CC(CC)C(=O)CCC4C)C(OC)CC5C)CC3O)ccc21. The molecule has 1 amide bonds. The van der Waals surface area contributed by atoms with Gasteiger partial charge in [0, 0.05) is 62.7 Å². The van der Waals surface area contributed by atoms with Gasteiger partial charge >= 0.3 is 5.97 Å². The minimum absolute atomic E-state index is 0.00885. The van der Waals surface area contributed by atoms with Crippen LogP contribution in [0.3, 0.4) is 0 Å². The zero-order valence-corrected chi connectivity index (χ0v) is 41.4. The predicted octanol–water partition coefficient (Wildman–Crippen LogP) is 7.27. The number of benzene rings is 1. The van der Waals surface area contributed by atoms with E-state index in [0.717, 1.165) is 35.9 Å². The summed E-state index contributed by atoms with van der Waals surface area (Å²) in [7, 11) is 2.98. The Hall–Kier alpha value is -3.92. The maximum absolute atomic E-state index is 14.5. The maximum Gasteiger partial charge on any atom is 0.329 e. The van der Waals surface area contributed by atoms with Crippen molar-refractivity contribution in [3.05, 3.63) is 53.8 Å². The van der Waals surface area contributed by atoms with Gasteiger partial charge in [-0.05, 0) is 138 Å². The summed E-state index contributed by atoms with van der Waals surface area (Å²) in [5, 5.41) is 36.2. The highest BCUT2D eigenvalue weighted by Gasteiger charge is 2.56. The van der Waals surface area contributed by atoms with E-state index in [-0.39, 0.29) is 49.8 Å². The Labute approximate surface area is 397 Å². The average Bonchev–Trinajstić information content (AvgIpc) is 3.72. The Bertz CT molecular complexity index is 2100. The molecule has 3 aliphatic heterocycles. The molecule has 0 radical (unpaired) electrons. The molecule has 1 aliphatic carbocycles. The van der Waals surface area contributed by atoms with Gasteiger partial charge in [0.15, 0.2) is 0 Å². The molecule has 14 unspecified atom stereocenters. The number of ether oxygens (including phenoxy) is 5. The lowest BCUT2D eigenvalue weighted by Crippen LogP contribution is -2.64. The molecule has 2 bridgehead atoms. The van der Waals surface area contributed by atoms with E-state index >= 15 is 0 Å². The van der Waals surface area contributed by atoms with Crippen molar-refractivity contribution in [3.8, 4) is 5.75 Å². The van der Waals surface area contributed by atoms with Crippen molar-refractivity contribution in [2.45, 2.75) is 187 Å². The van der Waals surface area contributed by atoms with Crippen molar-refractivity contribution in [2.75, 3.05) is 20.8 Å². The quantitative estimate of drug-likeness (QED) is 0.130. The molecule has 3 N–H and O–H groups in total. The number of piperidine rings is 1. The topological polar surface area (TPSA) is 183 Å².